The van der Waals surface area contributed by atoms with Gasteiger partial charge in [0.15, 0.2) is 0 Å². The van der Waals surface area contributed by atoms with E-state index in [2.05, 4.69) is 34.6 Å². The predicted octanol–water partition coefficient (Wildman–Crippen LogP) is 6.11. The molecule has 0 spiro atoms. The number of benzene rings is 3. The molecule has 1 N–H and O–H groups in total. The molecule has 2 unspecified atom stereocenters. The third-order valence-electron chi connectivity index (χ3n) is 5.31. The van der Waals surface area contributed by atoms with Crippen LogP contribution in [-0.2, 0) is 17.8 Å². The van der Waals surface area contributed by atoms with E-state index in [1.54, 1.807) is 0 Å². The first-order valence-electron chi connectivity index (χ1n) is 11.2. The van der Waals surface area contributed by atoms with Gasteiger partial charge in [0.1, 0.15) is 12.4 Å². The highest BCUT2D eigenvalue weighted by Gasteiger charge is 2.19. The van der Waals surface area contributed by atoms with Crippen LogP contribution in [0.25, 0.3) is 0 Å². The first kappa shape index (κ1) is 23.6. The molecule has 174 valence electrons. The van der Waals surface area contributed by atoms with Crippen molar-refractivity contribution in [3.8, 4) is 5.75 Å². The number of amides is 1. The van der Waals surface area contributed by atoms with Gasteiger partial charge in [0.25, 0.3) is 5.22 Å². The number of nitrogens with zero attached hydrogens (tertiary/aromatic N) is 2. The molecule has 0 fully saturated rings. The van der Waals surface area contributed by atoms with Gasteiger partial charge in [0, 0.05) is 12.1 Å². The van der Waals surface area contributed by atoms with Crippen molar-refractivity contribution >= 4 is 23.4 Å². The molecule has 2 atom stereocenters. The summed E-state index contributed by atoms with van der Waals surface area (Å²) < 4.78 is 11.6. The molecule has 6 nitrogen and oxygen atoms in total. The highest BCUT2D eigenvalue weighted by Crippen LogP contribution is 2.26. The van der Waals surface area contributed by atoms with Gasteiger partial charge in [0.05, 0.1) is 5.25 Å². The zero-order valence-electron chi connectivity index (χ0n) is 19.2. The van der Waals surface area contributed by atoms with E-state index in [1.807, 2.05) is 79.7 Å². The molecule has 0 saturated heterocycles. The number of aromatic nitrogens is 2. The second kappa shape index (κ2) is 11.5. The number of rotatable bonds is 10. The van der Waals surface area contributed by atoms with Crippen LogP contribution in [0.4, 0.5) is 5.69 Å². The lowest BCUT2D eigenvalue weighted by Crippen LogP contribution is -2.22. The maximum absolute atomic E-state index is 12.6. The molecule has 0 aliphatic rings. The van der Waals surface area contributed by atoms with Gasteiger partial charge in [-0.05, 0) is 48.2 Å². The summed E-state index contributed by atoms with van der Waals surface area (Å²) in [5, 5.41) is 11.2. The molecule has 0 saturated carbocycles. The van der Waals surface area contributed by atoms with Crippen LogP contribution in [0.2, 0.25) is 0 Å². The largest absolute Gasteiger partial charge is 0.489 e. The third kappa shape index (κ3) is 6.71. The minimum atomic E-state index is -0.395. The second-order valence-electron chi connectivity index (χ2n) is 8.03. The summed E-state index contributed by atoms with van der Waals surface area (Å²) in [6.07, 6.45) is 0.650. The highest BCUT2D eigenvalue weighted by atomic mass is 32.2. The topological polar surface area (TPSA) is 77.2 Å². The Morgan fingerprint density at radius 1 is 0.941 bits per heavy atom. The minimum Gasteiger partial charge on any atom is -0.489 e. The summed E-state index contributed by atoms with van der Waals surface area (Å²) >= 11 is 1.25. The maximum Gasteiger partial charge on any atom is 0.277 e. The summed E-state index contributed by atoms with van der Waals surface area (Å²) in [6, 6.07) is 27.5. The van der Waals surface area contributed by atoms with Crippen LogP contribution >= 0.6 is 11.8 Å². The molecular weight excluding hydrogens is 446 g/mol. The fourth-order valence-corrected chi connectivity index (χ4v) is 4.05. The molecule has 4 rings (SSSR count). The maximum atomic E-state index is 12.6. The number of thioether (sulfide) groups is 1. The normalized spacial score (nSPS) is 12.6. The summed E-state index contributed by atoms with van der Waals surface area (Å²) in [7, 11) is 0. The number of anilines is 1. The van der Waals surface area contributed by atoms with E-state index in [4.69, 9.17) is 9.15 Å². The van der Waals surface area contributed by atoms with Crippen LogP contribution in [0.1, 0.15) is 36.8 Å². The standard InChI is InChI=1S/C27H27N3O3S/c1-19(22-11-7-4-8-12-22)17-25-29-30-27(33-25)34-20(2)26(31)28-23-13-15-24(16-14-23)32-18-21-9-5-3-6-10-21/h3-16,19-20H,17-18H2,1-2H3,(H,28,31). The fraction of sp³-hybridized carbons (Fsp3) is 0.222. The first-order chi connectivity index (χ1) is 16.6. The summed E-state index contributed by atoms with van der Waals surface area (Å²) in [4.78, 5) is 12.6. The quantitative estimate of drug-likeness (QED) is 0.280. The SMILES string of the molecule is CC(Sc1nnc(CC(C)c2ccccc2)o1)C(=O)Nc1ccc(OCc2ccccc2)cc1. The fourth-order valence-electron chi connectivity index (χ4n) is 3.35. The molecule has 0 bridgehead atoms. The molecule has 1 heterocycles. The molecular formula is C27H27N3O3S. The molecule has 7 heteroatoms. The van der Waals surface area contributed by atoms with Gasteiger partial charge in [-0.2, -0.15) is 0 Å². The van der Waals surface area contributed by atoms with Crippen LogP contribution in [0.15, 0.2) is 94.6 Å². The van der Waals surface area contributed by atoms with Crippen LogP contribution < -0.4 is 10.1 Å². The van der Waals surface area contributed by atoms with Crippen molar-refractivity contribution in [2.24, 2.45) is 0 Å². The van der Waals surface area contributed by atoms with Crippen molar-refractivity contribution in [2.75, 3.05) is 5.32 Å². The van der Waals surface area contributed by atoms with E-state index >= 15 is 0 Å². The van der Waals surface area contributed by atoms with Crippen molar-refractivity contribution in [3.63, 3.8) is 0 Å². The van der Waals surface area contributed by atoms with Gasteiger partial charge in [-0.1, -0.05) is 79.3 Å². The number of ether oxygens (including phenoxy) is 1. The Morgan fingerprint density at radius 2 is 1.62 bits per heavy atom. The summed E-state index contributed by atoms with van der Waals surface area (Å²) in [6.45, 7) is 4.44. The van der Waals surface area contributed by atoms with Crippen LogP contribution in [-0.4, -0.2) is 21.4 Å². The second-order valence-corrected chi connectivity index (χ2v) is 9.32. The lowest BCUT2D eigenvalue weighted by atomic mass is 9.98. The number of hydrogen-bond acceptors (Lipinski definition) is 6. The van der Waals surface area contributed by atoms with Gasteiger partial charge in [-0.15, -0.1) is 10.2 Å². The molecule has 0 radical (unpaired) electrons. The molecule has 34 heavy (non-hydrogen) atoms. The molecule has 3 aromatic carbocycles. The number of carbonyl (C=O) groups excluding carboxylic acids is 1. The third-order valence-corrected chi connectivity index (χ3v) is 6.25. The Kier molecular flexibility index (Phi) is 7.99. The van der Waals surface area contributed by atoms with E-state index < -0.39 is 5.25 Å². The summed E-state index contributed by atoms with van der Waals surface area (Å²) in [5.41, 5.74) is 3.02. The molecule has 1 amide bonds. The Hall–Kier alpha value is -3.58. The van der Waals surface area contributed by atoms with Gasteiger partial charge in [-0.3, -0.25) is 4.79 Å². The van der Waals surface area contributed by atoms with E-state index in [0.717, 1.165) is 11.3 Å². The smallest absolute Gasteiger partial charge is 0.277 e. The van der Waals surface area contributed by atoms with Crippen molar-refractivity contribution in [1.29, 1.82) is 0 Å². The zero-order chi connectivity index (χ0) is 23.8. The minimum absolute atomic E-state index is 0.139. The molecule has 1 aromatic heterocycles. The lowest BCUT2D eigenvalue weighted by molar-refractivity contribution is -0.115. The van der Waals surface area contributed by atoms with Gasteiger partial charge in [0.2, 0.25) is 11.8 Å². The molecule has 0 aliphatic heterocycles. The Morgan fingerprint density at radius 3 is 2.32 bits per heavy atom. The van der Waals surface area contributed by atoms with Gasteiger partial charge >= 0.3 is 0 Å². The predicted molar refractivity (Wildman–Crippen MR) is 134 cm³/mol. The molecule has 0 aliphatic carbocycles. The molecule has 4 aromatic rings. The first-order valence-corrected chi connectivity index (χ1v) is 12.1. The van der Waals surface area contributed by atoms with E-state index in [9.17, 15) is 4.79 Å². The number of nitrogens with one attached hydrogen (secondary N) is 1. The van der Waals surface area contributed by atoms with E-state index in [-0.39, 0.29) is 11.8 Å². The van der Waals surface area contributed by atoms with Crippen molar-refractivity contribution in [3.05, 3.63) is 102 Å². The van der Waals surface area contributed by atoms with Crippen LogP contribution in [0.5, 0.6) is 5.75 Å². The van der Waals surface area contributed by atoms with E-state index in [0.29, 0.717) is 29.8 Å². The van der Waals surface area contributed by atoms with Gasteiger partial charge in [-0.25, -0.2) is 0 Å². The zero-order valence-corrected chi connectivity index (χ0v) is 20.0. The monoisotopic (exact) mass is 473 g/mol. The highest BCUT2D eigenvalue weighted by molar-refractivity contribution is 8.00. The van der Waals surface area contributed by atoms with Gasteiger partial charge < -0.3 is 14.5 Å². The Bertz CT molecular complexity index is 1180. The average molecular weight is 474 g/mol. The number of hydrogen-bond donors (Lipinski definition) is 1. The van der Waals surface area contributed by atoms with Crippen molar-refractivity contribution in [2.45, 2.75) is 43.3 Å². The van der Waals surface area contributed by atoms with E-state index in [1.165, 1.54) is 17.3 Å². The summed E-state index contributed by atoms with van der Waals surface area (Å²) in [5.74, 6) is 1.44. The van der Waals surface area contributed by atoms with Crippen molar-refractivity contribution in [1.82, 2.24) is 10.2 Å². The lowest BCUT2D eigenvalue weighted by Gasteiger charge is -2.11. The Balaban J connectivity index is 1.25. The van der Waals surface area contributed by atoms with Crippen molar-refractivity contribution < 1.29 is 13.9 Å². The number of carbonyl (C=O) groups is 1. The van der Waals surface area contributed by atoms with Crippen LogP contribution in [0, 0.1) is 0 Å². The Labute approximate surface area is 203 Å². The average Bonchev–Trinajstić information content (AvgIpc) is 3.31. The van der Waals surface area contributed by atoms with Crippen LogP contribution in [0.3, 0.4) is 0 Å².